The van der Waals surface area contributed by atoms with Crippen LogP contribution in [-0.2, 0) is 11.2 Å². The average Bonchev–Trinajstić information content (AvgIpc) is 3.22. The number of benzene rings is 2. The van der Waals surface area contributed by atoms with Crippen LogP contribution in [0.4, 0.5) is 0 Å². The molecule has 186 valence electrons. The summed E-state index contributed by atoms with van der Waals surface area (Å²) in [5, 5.41) is 0.661. The number of carbonyl (C=O) groups is 2. The molecule has 0 aliphatic rings. The third-order valence-corrected chi connectivity index (χ3v) is 7.50. The number of ketones is 1. The van der Waals surface area contributed by atoms with E-state index in [0.717, 1.165) is 23.5 Å². The number of carbonyl (C=O) groups excluding carboxylic acids is 2. The first kappa shape index (κ1) is 27.0. The minimum Gasteiger partial charge on any atom is -0.482 e. The van der Waals surface area contributed by atoms with E-state index in [1.165, 1.54) is 29.7 Å². The number of nitrogens with zero attached hydrogens (tertiary/aromatic N) is 1. The van der Waals surface area contributed by atoms with Gasteiger partial charge in [0.1, 0.15) is 5.75 Å². The van der Waals surface area contributed by atoms with E-state index in [1.54, 1.807) is 13.8 Å². The smallest absolute Gasteiger partial charge is 0.312 e. The molecule has 0 amide bonds. The highest BCUT2D eigenvalue weighted by atomic mass is 32.2. The Morgan fingerprint density at radius 3 is 2.49 bits per heavy atom. The van der Waals surface area contributed by atoms with Gasteiger partial charge in [-0.1, -0.05) is 55.0 Å². The fourth-order valence-electron chi connectivity index (χ4n) is 3.43. The summed E-state index contributed by atoms with van der Waals surface area (Å²) in [6.07, 6.45) is 5.11. The summed E-state index contributed by atoms with van der Waals surface area (Å²) in [6, 6.07) is 18.5. The molecule has 0 spiro atoms. The zero-order chi connectivity index (χ0) is 25.0. The first-order valence-corrected chi connectivity index (χ1v) is 13.9. The molecule has 1 atom stereocenters. The van der Waals surface area contributed by atoms with E-state index < -0.39 is 6.10 Å². The molecule has 5 nitrogen and oxygen atoms in total. The van der Waals surface area contributed by atoms with Crippen LogP contribution in [0.3, 0.4) is 0 Å². The van der Waals surface area contributed by atoms with Gasteiger partial charge >= 0.3 is 5.97 Å². The number of hydrogen-bond acceptors (Lipinski definition) is 7. The Hall–Kier alpha value is -2.64. The van der Waals surface area contributed by atoms with Gasteiger partial charge in [-0.15, -0.1) is 11.8 Å². The molecule has 0 aliphatic heterocycles. The lowest BCUT2D eigenvalue weighted by molar-refractivity contribution is -0.134. The lowest BCUT2D eigenvalue weighted by Gasteiger charge is -2.12. The predicted molar refractivity (Wildman–Crippen MR) is 143 cm³/mol. The molecular formula is C28H33NO4S2. The second kappa shape index (κ2) is 14.0. The number of thioether (sulfide) groups is 1. The normalized spacial score (nSPS) is 11.7. The van der Waals surface area contributed by atoms with Crippen molar-refractivity contribution in [2.45, 2.75) is 70.3 Å². The average molecular weight is 512 g/mol. The highest BCUT2D eigenvalue weighted by molar-refractivity contribution is 7.99. The number of aromatic nitrogens is 1. The van der Waals surface area contributed by atoms with Crippen molar-refractivity contribution in [3.63, 3.8) is 0 Å². The summed E-state index contributed by atoms with van der Waals surface area (Å²) in [6.45, 7) is 5.35. The van der Waals surface area contributed by atoms with Crippen molar-refractivity contribution in [2.24, 2.45) is 0 Å². The minimum atomic E-state index is -0.692. The molecule has 1 aromatic heterocycles. The second-order valence-corrected chi connectivity index (χ2v) is 10.5. The van der Waals surface area contributed by atoms with Crippen LogP contribution < -0.4 is 9.47 Å². The lowest BCUT2D eigenvalue weighted by atomic mass is 10.1. The van der Waals surface area contributed by atoms with Gasteiger partial charge in [-0.25, -0.2) is 4.98 Å². The van der Waals surface area contributed by atoms with Crippen LogP contribution >= 0.6 is 23.1 Å². The van der Waals surface area contributed by atoms with E-state index in [0.29, 0.717) is 29.3 Å². The van der Waals surface area contributed by atoms with Crippen molar-refractivity contribution in [2.75, 3.05) is 5.75 Å². The minimum absolute atomic E-state index is 0.232. The van der Waals surface area contributed by atoms with Crippen molar-refractivity contribution < 1.29 is 19.1 Å². The molecule has 0 fully saturated rings. The maximum Gasteiger partial charge on any atom is 0.312 e. The molecule has 7 heteroatoms. The standard InChI is InChI=1S/C28H33NO4S2/c1-4-11-25(30)33-28-20(2)29-27(35-28)26(31)21(3)32-23-15-17-24(18-16-23)34-19-10-6-9-14-22-12-7-5-8-13-22/h5,7-8,12-13,15-18,21H,4,6,9-11,14,19H2,1-3H3. The van der Waals surface area contributed by atoms with Gasteiger partial charge < -0.3 is 9.47 Å². The monoisotopic (exact) mass is 511 g/mol. The third kappa shape index (κ3) is 8.82. The summed E-state index contributed by atoms with van der Waals surface area (Å²) >= 11 is 2.93. The number of aryl methyl sites for hydroxylation is 2. The summed E-state index contributed by atoms with van der Waals surface area (Å²) < 4.78 is 11.2. The van der Waals surface area contributed by atoms with Gasteiger partial charge in [0.05, 0.1) is 5.69 Å². The first-order valence-electron chi connectivity index (χ1n) is 12.1. The molecule has 2 aromatic carbocycles. The van der Waals surface area contributed by atoms with Gasteiger partial charge in [0, 0.05) is 11.3 Å². The Morgan fingerprint density at radius 2 is 1.77 bits per heavy atom. The molecule has 3 rings (SSSR count). The van der Waals surface area contributed by atoms with Gasteiger partial charge in [0.15, 0.2) is 11.1 Å². The van der Waals surface area contributed by atoms with E-state index >= 15 is 0 Å². The molecule has 0 bridgehead atoms. The van der Waals surface area contributed by atoms with Gasteiger partial charge in [-0.05, 0) is 75.1 Å². The lowest BCUT2D eigenvalue weighted by Crippen LogP contribution is -2.23. The molecular weight excluding hydrogens is 478 g/mol. The molecule has 0 N–H and O–H groups in total. The Balaban J connectivity index is 1.41. The zero-order valence-electron chi connectivity index (χ0n) is 20.6. The van der Waals surface area contributed by atoms with Gasteiger partial charge in [0.25, 0.3) is 0 Å². The predicted octanol–water partition coefficient (Wildman–Crippen LogP) is 7.31. The quantitative estimate of drug-likeness (QED) is 0.0978. The number of rotatable bonds is 14. The van der Waals surface area contributed by atoms with Crippen LogP contribution in [0.2, 0.25) is 0 Å². The Bertz CT molecular complexity index is 1080. The summed E-state index contributed by atoms with van der Waals surface area (Å²) in [5.41, 5.74) is 1.95. The molecule has 1 unspecified atom stereocenters. The first-order chi connectivity index (χ1) is 17.0. The van der Waals surface area contributed by atoms with Crippen molar-refractivity contribution in [3.05, 3.63) is 70.9 Å². The Labute approximate surface area is 216 Å². The highest BCUT2D eigenvalue weighted by Gasteiger charge is 2.23. The SMILES string of the molecule is CCCC(=O)Oc1sc(C(=O)C(C)Oc2ccc(SCCCCCc3ccccc3)cc2)nc1C. The topological polar surface area (TPSA) is 65.5 Å². The largest absolute Gasteiger partial charge is 0.482 e. The van der Waals surface area contributed by atoms with Gasteiger partial charge in [-0.2, -0.15) is 0 Å². The van der Waals surface area contributed by atoms with Crippen molar-refractivity contribution in [1.82, 2.24) is 4.98 Å². The molecule has 0 aliphatic carbocycles. The number of Topliss-reactive ketones (excluding diaryl/α,β-unsaturated/α-hetero) is 1. The fraction of sp³-hybridized carbons (Fsp3) is 0.393. The fourth-order valence-corrected chi connectivity index (χ4v) is 5.30. The summed E-state index contributed by atoms with van der Waals surface area (Å²) in [4.78, 5) is 30.0. The molecule has 3 aromatic rings. The summed E-state index contributed by atoms with van der Waals surface area (Å²) in [5.74, 6) is 1.18. The van der Waals surface area contributed by atoms with Crippen molar-refractivity contribution in [3.8, 4) is 10.8 Å². The number of unbranched alkanes of at least 4 members (excludes halogenated alkanes) is 2. The summed E-state index contributed by atoms with van der Waals surface area (Å²) in [7, 11) is 0. The number of esters is 1. The van der Waals surface area contributed by atoms with Gasteiger partial charge in [-0.3, -0.25) is 9.59 Å². The van der Waals surface area contributed by atoms with Crippen LogP contribution in [0.25, 0.3) is 0 Å². The van der Waals surface area contributed by atoms with Crippen LogP contribution in [0, 0.1) is 6.92 Å². The molecule has 0 radical (unpaired) electrons. The number of hydrogen-bond donors (Lipinski definition) is 0. The number of ether oxygens (including phenoxy) is 2. The maximum absolute atomic E-state index is 12.8. The van der Waals surface area contributed by atoms with E-state index in [-0.39, 0.29) is 16.8 Å². The Kier molecular flexibility index (Phi) is 10.8. The Morgan fingerprint density at radius 1 is 1.03 bits per heavy atom. The van der Waals surface area contributed by atoms with Crippen molar-refractivity contribution in [1.29, 1.82) is 0 Å². The van der Waals surface area contributed by atoms with Crippen LogP contribution in [0.1, 0.15) is 67.0 Å². The highest BCUT2D eigenvalue weighted by Crippen LogP contribution is 2.29. The maximum atomic E-state index is 12.8. The van der Waals surface area contributed by atoms with E-state index in [9.17, 15) is 9.59 Å². The molecule has 35 heavy (non-hydrogen) atoms. The van der Waals surface area contributed by atoms with E-state index in [2.05, 4.69) is 35.3 Å². The number of thiazole rings is 1. The molecule has 0 saturated carbocycles. The third-order valence-electron chi connectivity index (χ3n) is 5.35. The molecule has 0 saturated heterocycles. The van der Waals surface area contributed by atoms with E-state index in [4.69, 9.17) is 9.47 Å². The van der Waals surface area contributed by atoms with Crippen LogP contribution in [-0.4, -0.2) is 28.6 Å². The van der Waals surface area contributed by atoms with Crippen LogP contribution in [0.15, 0.2) is 59.5 Å². The second-order valence-electron chi connectivity index (χ2n) is 8.36. The van der Waals surface area contributed by atoms with Crippen LogP contribution in [0.5, 0.6) is 10.8 Å². The molecule has 1 heterocycles. The van der Waals surface area contributed by atoms with Gasteiger partial charge in [0.2, 0.25) is 10.8 Å². The van der Waals surface area contributed by atoms with Crippen molar-refractivity contribution >= 4 is 34.9 Å². The zero-order valence-corrected chi connectivity index (χ0v) is 22.3. The van der Waals surface area contributed by atoms with E-state index in [1.807, 2.05) is 43.0 Å².